The van der Waals surface area contributed by atoms with Crippen LogP contribution in [0.4, 0.5) is 5.69 Å². The molecule has 0 spiro atoms. The van der Waals surface area contributed by atoms with Crippen LogP contribution in [-0.4, -0.2) is 36.9 Å². The predicted octanol–water partition coefficient (Wildman–Crippen LogP) is 1.46. The van der Waals surface area contributed by atoms with E-state index in [1.54, 1.807) is 13.0 Å². The lowest BCUT2D eigenvalue weighted by atomic mass is 10.0. The number of rotatable bonds is 3. The van der Waals surface area contributed by atoms with Crippen molar-refractivity contribution in [3.63, 3.8) is 0 Å². The maximum absolute atomic E-state index is 12.2. The first kappa shape index (κ1) is 15.5. The highest BCUT2D eigenvalue weighted by Crippen LogP contribution is 2.23. The number of amides is 1. The Bertz CT molecular complexity index is 667. The number of sulfone groups is 1. The molecule has 0 unspecified atom stereocenters. The molecule has 2 rings (SSSR count). The Balaban J connectivity index is 2.09. The first-order chi connectivity index (χ1) is 9.78. The van der Waals surface area contributed by atoms with Crippen LogP contribution < -0.4 is 5.32 Å². The molecule has 1 saturated heterocycles. The van der Waals surface area contributed by atoms with E-state index < -0.39 is 15.8 Å². The van der Waals surface area contributed by atoms with Crippen molar-refractivity contribution in [2.24, 2.45) is 5.92 Å². The normalized spacial score (nSPS) is 18.1. The molecular formula is C14H17NO5S. The zero-order chi connectivity index (χ0) is 15.6. The summed E-state index contributed by atoms with van der Waals surface area (Å²) in [6.07, 6.45) is 0.623. The van der Waals surface area contributed by atoms with Gasteiger partial charge in [0.25, 0.3) is 0 Å². The van der Waals surface area contributed by atoms with E-state index in [1.165, 1.54) is 12.1 Å². The summed E-state index contributed by atoms with van der Waals surface area (Å²) < 4.78 is 22.7. The number of carbonyl (C=O) groups is 2. The van der Waals surface area contributed by atoms with Crippen molar-refractivity contribution in [2.45, 2.75) is 19.8 Å². The van der Waals surface area contributed by atoms with Gasteiger partial charge in [0.15, 0.2) is 0 Å². The van der Waals surface area contributed by atoms with E-state index in [0.717, 1.165) is 5.56 Å². The maximum atomic E-state index is 12.2. The SMILES string of the molecule is Cc1ccc(C(=O)O)cc1NC(=O)C1CCS(=O)(=O)CC1. The second-order valence-corrected chi connectivity index (χ2v) is 7.55. The first-order valence-corrected chi connectivity index (χ1v) is 8.46. The van der Waals surface area contributed by atoms with Gasteiger partial charge in [0.05, 0.1) is 17.1 Å². The van der Waals surface area contributed by atoms with Crippen molar-refractivity contribution >= 4 is 27.4 Å². The molecule has 0 bridgehead atoms. The number of aryl methyl sites for hydroxylation is 1. The third-order valence-corrected chi connectivity index (χ3v) is 5.38. The number of hydrogen-bond acceptors (Lipinski definition) is 4. The monoisotopic (exact) mass is 311 g/mol. The maximum Gasteiger partial charge on any atom is 0.335 e. The fourth-order valence-electron chi connectivity index (χ4n) is 2.28. The van der Waals surface area contributed by atoms with Crippen LogP contribution in [0, 0.1) is 12.8 Å². The summed E-state index contributed by atoms with van der Waals surface area (Å²) >= 11 is 0. The summed E-state index contributed by atoms with van der Waals surface area (Å²) in [6, 6.07) is 4.51. The van der Waals surface area contributed by atoms with Gasteiger partial charge in [-0.2, -0.15) is 0 Å². The third-order valence-electron chi connectivity index (χ3n) is 3.67. The van der Waals surface area contributed by atoms with Crippen molar-refractivity contribution in [1.82, 2.24) is 0 Å². The van der Waals surface area contributed by atoms with Crippen molar-refractivity contribution in [2.75, 3.05) is 16.8 Å². The van der Waals surface area contributed by atoms with Gasteiger partial charge in [0, 0.05) is 11.6 Å². The smallest absolute Gasteiger partial charge is 0.335 e. The molecule has 7 heteroatoms. The Labute approximate surface area is 123 Å². The molecule has 1 fully saturated rings. The van der Waals surface area contributed by atoms with Crippen LogP contribution in [0.25, 0.3) is 0 Å². The molecule has 114 valence electrons. The molecule has 0 saturated carbocycles. The van der Waals surface area contributed by atoms with E-state index in [1.807, 2.05) is 0 Å². The van der Waals surface area contributed by atoms with E-state index in [0.29, 0.717) is 18.5 Å². The van der Waals surface area contributed by atoms with Gasteiger partial charge in [-0.25, -0.2) is 13.2 Å². The second-order valence-electron chi connectivity index (χ2n) is 5.25. The Hall–Kier alpha value is -1.89. The molecule has 21 heavy (non-hydrogen) atoms. The Morgan fingerprint density at radius 2 is 1.86 bits per heavy atom. The summed E-state index contributed by atoms with van der Waals surface area (Å²) in [4.78, 5) is 23.1. The molecule has 1 aromatic carbocycles. The molecule has 0 atom stereocenters. The van der Waals surface area contributed by atoms with E-state index in [2.05, 4.69) is 5.32 Å². The van der Waals surface area contributed by atoms with Gasteiger partial charge in [0.1, 0.15) is 9.84 Å². The summed E-state index contributed by atoms with van der Waals surface area (Å²) in [7, 11) is -3.01. The highest BCUT2D eigenvalue weighted by Gasteiger charge is 2.28. The quantitative estimate of drug-likeness (QED) is 0.880. The van der Waals surface area contributed by atoms with Gasteiger partial charge in [-0.1, -0.05) is 6.07 Å². The molecule has 1 amide bonds. The van der Waals surface area contributed by atoms with Crippen LogP contribution in [0.1, 0.15) is 28.8 Å². The summed E-state index contributed by atoms with van der Waals surface area (Å²) in [6.45, 7) is 1.77. The number of benzene rings is 1. The lowest BCUT2D eigenvalue weighted by molar-refractivity contribution is -0.120. The topological polar surface area (TPSA) is 101 Å². The average Bonchev–Trinajstić information content (AvgIpc) is 2.40. The molecule has 6 nitrogen and oxygen atoms in total. The van der Waals surface area contributed by atoms with Gasteiger partial charge in [-0.3, -0.25) is 4.79 Å². The van der Waals surface area contributed by atoms with Gasteiger partial charge in [-0.15, -0.1) is 0 Å². The van der Waals surface area contributed by atoms with Crippen LogP contribution in [0.2, 0.25) is 0 Å². The number of hydrogen-bond donors (Lipinski definition) is 2. The third kappa shape index (κ3) is 3.81. The number of carboxylic acid groups (broad SMARTS) is 1. The fourth-order valence-corrected chi connectivity index (χ4v) is 3.77. The zero-order valence-electron chi connectivity index (χ0n) is 11.6. The number of anilines is 1. The molecule has 0 aromatic heterocycles. The van der Waals surface area contributed by atoms with Crippen molar-refractivity contribution in [3.05, 3.63) is 29.3 Å². The molecule has 0 aliphatic carbocycles. The highest BCUT2D eigenvalue weighted by atomic mass is 32.2. The van der Waals surface area contributed by atoms with Gasteiger partial charge in [-0.05, 0) is 37.5 Å². The first-order valence-electron chi connectivity index (χ1n) is 6.64. The van der Waals surface area contributed by atoms with Crippen molar-refractivity contribution in [1.29, 1.82) is 0 Å². The largest absolute Gasteiger partial charge is 0.478 e. The standard InChI is InChI=1S/C14H17NO5S/c1-9-2-3-11(14(17)18)8-12(9)15-13(16)10-4-6-21(19,20)7-5-10/h2-3,8,10H,4-7H2,1H3,(H,15,16)(H,17,18). The minimum atomic E-state index is -3.01. The number of carboxylic acids is 1. The van der Waals surface area contributed by atoms with Crippen LogP contribution in [0.5, 0.6) is 0 Å². The fraction of sp³-hybridized carbons (Fsp3) is 0.429. The van der Waals surface area contributed by atoms with Crippen molar-refractivity contribution in [3.8, 4) is 0 Å². The molecule has 1 heterocycles. The van der Waals surface area contributed by atoms with Gasteiger partial charge < -0.3 is 10.4 Å². The average molecular weight is 311 g/mol. The van der Waals surface area contributed by atoms with Gasteiger partial charge in [0.2, 0.25) is 5.91 Å². The Morgan fingerprint density at radius 1 is 1.24 bits per heavy atom. The van der Waals surface area contributed by atoms with Crippen LogP contribution >= 0.6 is 0 Å². The molecular weight excluding hydrogens is 294 g/mol. The molecule has 1 aliphatic rings. The minimum Gasteiger partial charge on any atom is -0.478 e. The summed E-state index contributed by atoms with van der Waals surface area (Å²) in [5.74, 6) is -1.61. The second kappa shape index (κ2) is 5.85. The van der Waals surface area contributed by atoms with Crippen LogP contribution in [0.15, 0.2) is 18.2 Å². The zero-order valence-corrected chi connectivity index (χ0v) is 12.4. The van der Waals surface area contributed by atoms with Crippen molar-refractivity contribution < 1.29 is 23.1 Å². The molecule has 0 radical (unpaired) electrons. The minimum absolute atomic E-state index is 0.0270. The molecule has 1 aromatic rings. The molecule has 2 N–H and O–H groups in total. The Morgan fingerprint density at radius 3 is 2.43 bits per heavy atom. The highest BCUT2D eigenvalue weighted by molar-refractivity contribution is 7.91. The lowest BCUT2D eigenvalue weighted by Crippen LogP contribution is -2.32. The lowest BCUT2D eigenvalue weighted by Gasteiger charge is -2.21. The van der Waals surface area contributed by atoms with Crippen LogP contribution in [-0.2, 0) is 14.6 Å². The Kier molecular flexibility index (Phi) is 4.32. The summed E-state index contributed by atoms with van der Waals surface area (Å²) in [5.41, 5.74) is 1.31. The van der Waals surface area contributed by atoms with E-state index >= 15 is 0 Å². The number of nitrogens with one attached hydrogen (secondary N) is 1. The summed E-state index contributed by atoms with van der Waals surface area (Å²) in [5, 5.41) is 11.7. The number of aromatic carboxylic acids is 1. The van der Waals surface area contributed by atoms with E-state index in [-0.39, 0.29) is 28.9 Å². The number of carbonyl (C=O) groups excluding carboxylic acids is 1. The van der Waals surface area contributed by atoms with Gasteiger partial charge >= 0.3 is 5.97 Å². The van der Waals surface area contributed by atoms with E-state index in [4.69, 9.17) is 5.11 Å². The van der Waals surface area contributed by atoms with E-state index in [9.17, 15) is 18.0 Å². The molecule has 1 aliphatic heterocycles. The predicted molar refractivity (Wildman–Crippen MR) is 78.1 cm³/mol. The van der Waals surface area contributed by atoms with Crippen LogP contribution in [0.3, 0.4) is 0 Å².